The Morgan fingerprint density at radius 3 is 2.48 bits per heavy atom. The first-order chi connectivity index (χ1) is 13.0. The van der Waals surface area contributed by atoms with Crippen LogP contribution < -0.4 is 5.32 Å². The number of hydrogen-bond donors (Lipinski definition) is 1. The van der Waals surface area contributed by atoms with Gasteiger partial charge >= 0.3 is 5.97 Å². The van der Waals surface area contributed by atoms with Crippen LogP contribution in [0.1, 0.15) is 29.8 Å². The summed E-state index contributed by atoms with van der Waals surface area (Å²) in [6.07, 6.45) is 1.44. The molecule has 2 aromatic rings. The Morgan fingerprint density at radius 2 is 1.81 bits per heavy atom. The van der Waals surface area contributed by atoms with Gasteiger partial charge in [0.2, 0.25) is 0 Å². The maximum absolute atomic E-state index is 13.4. The molecule has 0 unspecified atom stereocenters. The van der Waals surface area contributed by atoms with E-state index in [1.54, 1.807) is 6.07 Å². The zero-order valence-electron chi connectivity index (χ0n) is 15.8. The van der Waals surface area contributed by atoms with E-state index in [1.807, 2.05) is 67.3 Å². The molecule has 3 rings (SSSR count). The van der Waals surface area contributed by atoms with E-state index in [1.165, 1.54) is 13.2 Å². The second-order valence-corrected chi connectivity index (χ2v) is 6.90. The van der Waals surface area contributed by atoms with Crippen molar-refractivity contribution in [2.75, 3.05) is 12.4 Å². The number of carbonyl (C=O) groups excluding carboxylic acids is 2. The van der Waals surface area contributed by atoms with Crippen LogP contribution in [-0.4, -0.2) is 29.9 Å². The Bertz CT molecular complexity index is 859. The monoisotopic (exact) mass is 364 g/mol. The first-order valence-electron chi connectivity index (χ1n) is 9.01. The van der Waals surface area contributed by atoms with Crippen LogP contribution in [0.15, 0.2) is 66.4 Å². The number of amides is 1. The maximum Gasteiger partial charge on any atom is 0.332 e. The number of rotatable bonds is 4. The van der Waals surface area contributed by atoms with Gasteiger partial charge in [-0.15, -0.1) is 0 Å². The Kier molecular flexibility index (Phi) is 5.60. The van der Waals surface area contributed by atoms with Crippen LogP contribution >= 0.6 is 0 Å². The predicted molar refractivity (Wildman–Crippen MR) is 105 cm³/mol. The van der Waals surface area contributed by atoms with Gasteiger partial charge in [-0.3, -0.25) is 4.79 Å². The molecule has 0 aliphatic carbocycles. The minimum Gasteiger partial charge on any atom is -0.466 e. The summed E-state index contributed by atoms with van der Waals surface area (Å²) in [4.78, 5) is 27.2. The lowest BCUT2D eigenvalue weighted by atomic mass is 9.97. The maximum atomic E-state index is 13.4. The molecule has 5 nitrogen and oxygen atoms in total. The molecule has 0 aromatic heterocycles. The van der Waals surface area contributed by atoms with Gasteiger partial charge in [0.15, 0.2) is 0 Å². The highest BCUT2D eigenvalue weighted by atomic mass is 16.5. The lowest BCUT2D eigenvalue weighted by Crippen LogP contribution is -2.44. The van der Waals surface area contributed by atoms with E-state index in [4.69, 9.17) is 4.74 Å². The van der Waals surface area contributed by atoms with Crippen molar-refractivity contribution in [2.45, 2.75) is 26.4 Å². The fourth-order valence-electron chi connectivity index (χ4n) is 3.43. The molecule has 1 N–H and O–H groups in total. The molecule has 1 amide bonds. The van der Waals surface area contributed by atoms with Crippen molar-refractivity contribution in [1.82, 2.24) is 4.90 Å². The third-order valence-corrected chi connectivity index (χ3v) is 4.65. The zero-order valence-corrected chi connectivity index (χ0v) is 15.8. The van der Waals surface area contributed by atoms with E-state index in [0.717, 1.165) is 5.56 Å². The minimum absolute atomic E-state index is 0.0612. The van der Waals surface area contributed by atoms with Crippen molar-refractivity contribution < 1.29 is 14.3 Å². The van der Waals surface area contributed by atoms with Crippen LogP contribution in [0.5, 0.6) is 0 Å². The number of methoxy groups -OCH3 is 1. The molecule has 0 radical (unpaired) electrons. The van der Waals surface area contributed by atoms with E-state index in [9.17, 15) is 9.59 Å². The first kappa shape index (κ1) is 18.7. The van der Waals surface area contributed by atoms with Gasteiger partial charge in [0.05, 0.1) is 24.4 Å². The van der Waals surface area contributed by atoms with E-state index in [2.05, 4.69) is 5.32 Å². The fourth-order valence-corrected chi connectivity index (χ4v) is 3.43. The fraction of sp³-hybridized carbons (Fsp3) is 0.273. The largest absolute Gasteiger partial charge is 0.466 e. The second-order valence-electron chi connectivity index (χ2n) is 6.90. The number of nitrogens with zero attached hydrogens (tertiary/aromatic N) is 1. The Labute approximate surface area is 159 Å². The third-order valence-electron chi connectivity index (χ3n) is 4.65. The molecule has 0 fully saturated rings. The van der Waals surface area contributed by atoms with E-state index >= 15 is 0 Å². The van der Waals surface area contributed by atoms with Crippen molar-refractivity contribution in [3.8, 4) is 0 Å². The smallest absolute Gasteiger partial charge is 0.332 e. The van der Waals surface area contributed by atoms with Crippen LogP contribution in [0.2, 0.25) is 0 Å². The molecule has 1 atom stereocenters. The van der Waals surface area contributed by atoms with E-state index in [-0.39, 0.29) is 17.9 Å². The van der Waals surface area contributed by atoms with Gasteiger partial charge in [0, 0.05) is 18.3 Å². The van der Waals surface area contributed by atoms with Gasteiger partial charge in [0.25, 0.3) is 5.91 Å². The van der Waals surface area contributed by atoms with Gasteiger partial charge in [-0.05, 0) is 23.6 Å². The van der Waals surface area contributed by atoms with Gasteiger partial charge in [-0.2, -0.15) is 0 Å². The van der Waals surface area contributed by atoms with Crippen LogP contribution in [-0.2, 0) is 16.1 Å². The van der Waals surface area contributed by atoms with E-state index in [0.29, 0.717) is 23.5 Å². The summed E-state index contributed by atoms with van der Waals surface area (Å²) in [5, 5.41) is 3.30. The number of ether oxygens (including phenoxy) is 1. The molecule has 0 saturated heterocycles. The Morgan fingerprint density at radius 1 is 1.15 bits per heavy atom. The van der Waals surface area contributed by atoms with Gasteiger partial charge in [0.1, 0.15) is 0 Å². The average molecular weight is 364 g/mol. The molecule has 2 aromatic carbocycles. The summed E-state index contributed by atoms with van der Waals surface area (Å²) in [6, 6.07) is 16.9. The zero-order chi connectivity index (χ0) is 19.4. The van der Waals surface area contributed by atoms with Gasteiger partial charge in [-0.25, -0.2) is 4.79 Å². The highest BCUT2D eigenvalue weighted by Gasteiger charge is 2.35. The predicted octanol–water partition coefficient (Wildman–Crippen LogP) is 3.84. The molecule has 1 heterocycles. The molecule has 140 valence electrons. The number of para-hydroxylation sites is 1. The van der Waals surface area contributed by atoms with E-state index < -0.39 is 5.97 Å². The molecule has 1 aliphatic rings. The molecular formula is C22H24N2O3. The van der Waals surface area contributed by atoms with Gasteiger partial charge in [-0.1, -0.05) is 56.3 Å². The summed E-state index contributed by atoms with van der Waals surface area (Å²) in [5.74, 6) is -0.418. The van der Waals surface area contributed by atoms with Crippen molar-refractivity contribution in [2.24, 2.45) is 5.92 Å². The normalized spacial score (nSPS) is 18.1. The quantitative estimate of drug-likeness (QED) is 0.662. The highest BCUT2D eigenvalue weighted by molar-refractivity contribution is 6.01. The molecule has 5 heteroatoms. The Balaban J connectivity index is 2.12. The summed E-state index contributed by atoms with van der Waals surface area (Å²) in [5.41, 5.74) is 2.98. The second kappa shape index (κ2) is 8.08. The standard InChI is InChI=1S/C22H24N2O3/c1-15(2)21-19(13-20(25)27-3)23-18-12-8-7-11-17(18)22(26)24(21)14-16-9-5-4-6-10-16/h4-13,15,21,23H,14H2,1-3H3/b19-13-/t21-/m0/s1. The topological polar surface area (TPSA) is 58.6 Å². The van der Waals surface area contributed by atoms with Crippen molar-refractivity contribution in [3.05, 3.63) is 77.5 Å². The lowest BCUT2D eigenvalue weighted by molar-refractivity contribution is -0.134. The molecule has 0 spiro atoms. The minimum atomic E-state index is -0.449. The molecule has 1 aliphatic heterocycles. The summed E-state index contributed by atoms with van der Waals surface area (Å²) in [6.45, 7) is 4.54. The highest BCUT2D eigenvalue weighted by Crippen LogP contribution is 2.31. The van der Waals surface area contributed by atoms with Crippen LogP contribution in [0.4, 0.5) is 5.69 Å². The number of anilines is 1. The number of carbonyl (C=O) groups is 2. The third kappa shape index (κ3) is 4.03. The van der Waals surface area contributed by atoms with Gasteiger partial charge < -0.3 is 15.0 Å². The van der Waals surface area contributed by atoms with Crippen LogP contribution in [0.25, 0.3) is 0 Å². The average Bonchev–Trinajstić information content (AvgIpc) is 2.78. The summed E-state index contributed by atoms with van der Waals surface area (Å²) < 4.78 is 4.83. The van der Waals surface area contributed by atoms with Crippen molar-refractivity contribution in [3.63, 3.8) is 0 Å². The number of nitrogens with one attached hydrogen (secondary N) is 1. The Hall–Kier alpha value is -3.08. The number of esters is 1. The number of fused-ring (bicyclic) bond motifs is 1. The molecule has 0 bridgehead atoms. The van der Waals surface area contributed by atoms with Crippen LogP contribution in [0, 0.1) is 5.92 Å². The SMILES string of the molecule is COC(=O)/C=C1\Nc2ccccc2C(=O)N(Cc2ccccc2)[C@H]1C(C)C. The number of hydrogen-bond acceptors (Lipinski definition) is 4. The molecular weight excluding hydrogens is 340 g/mol. The lowest BCUT2D eigenvalue weighted by Gasteiger charge is -2.34. The summed E-state index contributed by atoms with van der Waals surface area (Å²) >= 11 is 0. The molecule has 0 saturated carbocycles. The number of benzene rings is 2. The summed E-state index contributed by atoms with van der Waals surface area (Å²) in [7, 11) is 1.35. The first-order valence-corrected chi connectivity index (χ1v) is 9.01. The van der Waals surface area contributed by atoms with Crippen LogP contribution in [0.3, 0.4) is 0 Å². The van der Waals surface area contributed by atoms with Crippen molar-refractivity contribution in [1.29, 1.82) is 0 Å². The molecule has 27 heavy (non-hydrogen) atoms. The van der Waals surface area contributed by atoms with Crippen molar-refractivity contribution >= 4 is 17.6 Å².